The fourth-order valence-electron chi connectivity index (χ4n) is 1.53. The van der Waals surface area contributed by atoms with E-state index in [-0.39, 0.29) is 11.5 Å². The molecule has 1 aromatic carbocycles. The van der Waals surface area contributed by atoms with E-state index in [0.29, 0.717) is 13.1 Å². The maximum atomic E-state index is 12.1. The zero-order valence-electron chi connectivity index (χ0n) is 10.3. The van der Waals surface area contributed by atoms with Crippen LogP contribution in [-0.4, -0.2) is 32.2 Å². The highest BCUT2D eigenvalue weighted by atomic mass is 19.3. The Morgan fingerprint density at radius 2 is 2.11 bits per heavy atom. The first-order chi connectivity index (χ1) is 8.56. The number of nitrogens with zero attached hydrogens (tertiary/aromatic N) is 1. The first kappa shape index (κ1) is 14.3. The quantitative estimate of drug-likeness (QED) is 0.728. The van der Waals surface area contributed by atoms with Crippen molar-refractivity contribution in [2.45, 2.75) is 13.2 Å². The predicted octanol–water partition coefficient (Wildman–Crippen LogP) is 2.36. The Hall–Kier alpha value is -1.80. The molecule has 0 spiro atoms. The molecule has 1 aromatic rings. The number of benzene rings is 1. The fraction of sp³-hybridized carbons (Fsp3) is 0.385. The Kier molecular flexibility index (Phi) is 5.40. The van der Waals surface area contributed by atoms with Gasteiger partial charge in [0.25, 0.3) is 0 Å². The lowest BCUT2D eigenvalue weighted by Gasteiger charge is -2.15. The minimum atomic E-state index is -2.87. The van der Waals surface area contributed by atoms with Gasteiger partial charge in [-0.05, 0) is 24.7 Å². The van der Waals surface area contributed by atoms with Crippen molar-refractivity contribution in [2.75, 3.05) is 20.7 Å². The molecule has 98 valence electrons. The topological polar surface area (TPSA) is 21.7 Å². The third-order valence-corrected chi connectivity index (χ3v) is 2.26. The number of hydrogen-bond acceptors (Lipinski definition) is 3. The number of hydrogen-bond donors (Lipinski definition) is 0. The van der Waals surface area contributed by atoms with Crippen molar-refractivity contribution >= 4 is 0 Å². The Morgan fingerprint density at radius 3 is 2.67 bits per heavy atom. The molecule has 0 saturated carbocycles. The molecule has 0 N–H and O–H groups in total. The van der Waals surface area contributed by atoms with E-state index in [1.54, 1.807) is 12.1 Å². The summed E-state index contributed by atoms with van der Waals surface area (Å²) >= 11 is 0. The third kappa shape index (κ3) is 4.22. The molecule has 1 rings (SSSR count). The molecule has 0 fully saturated rings. The van der Waals surface area contributed by atoms with Gasteiger partial charge in [0.2, 0.25) is 0 Å². The Bertz CT molecular complexity index is 429. The second-order valence-corrected chi connectivity index (χ2v) is 3.74. The van der Waals surface area contributed by atoms with E-state index in [0.717, 1.165) is 5.56 Å². The van der Waals surface area contributed by atoms with Crippen molar-refractivity contribution in [3.63, 3.8) is 0 Å². The lowest BCUT2D eigenvalue weighted by atomic mass is 10.2. The van der Waals surface area contributed by atoms with E-state index in [4.69, 9.17) is 11.2 Å². The van der Waals surface area contributed by atoms with Crippen LogP contribution in [0.3, 0.4) is 0 Å². The lowest BCUT2D eigenvalue weighted by Crippen LogP contribution is -2.17. The van der Waals surface area contributed by atoms with Crippen LogP contribution < -0.4 is 9.47 Å². The molecule has 0 amide bonds. The van der Waals surface area contributed by atoms with Gasteiger partial charge in [0.15, 0.2) is 11.5 Å². The van der Waals surface area contributed by atoms with Crippen molar-refractivity contribution in [1.29, 1.82) is 0 Å². The smallest absolute Gasteiger partial charge is 0.387 e. The molecule has 0 atom stereocenters. The van der Waals surface area contributed by atoms with Crippen molar-refractivity contribution in [2.24, 2.45) is 0 Å². The SMILES string of the molecule is C#CCN(C)Cc1ccc(OC(F)F)c(OC)c1. The molecule has 3 nitrogen and oxygen atoms in total. The van der Waals surface area contributed by atoms with Crippen molar-refractivity contribution in [1.82, 2.24) is 4.90 Å². The van der Waals surface area contributed by atoms with Crippen molar-refractivity contribution in [3.8, 4) is 23.8 Å². The zero-order valence-corrected chi connectivity index (χ0v) is 10.3. The number of ether oxygens (including phenoxy) is 2. The van der Waals surface area contributed by atoms with Crippen LogP contribution in [0.15, 0.2) is 18.2 Å². The Morgan fingerprint density at radius 1 is 1.39 bits per heavy atom. The number of alkyl halides is 2. The summed E-state index contributed by atoms with van der Waals surface area (Å²) in [6, 6.07) is 4.82. The maximum absolute atomic E-state index is 12.1. The van der Waals surface area contributed by atoms with Crippen LogP contribution in [0.1, 0.15) is 5.56 Å². The number of halogens is 2. The van der Waals surface area contributed by atoms with Gasteiger partial charge in [0.1, 0.15) is 0 Å². The fourth-order valence-corrected chi connectivity index (χ4v) is 1.53. The summed E-state index contributed by atoms with van der Waals surface area (Å²) in [7, 11) is 3.28. The van der Waals surface area contributed by atoms with Crippen LogP contribution >= 0.6 is 0 Å². The summed E-state index contributed by atoms with van der Waals surface area (Å²) in [6.45, 7) is -1.75. The summed E-state index contributed by atoms with van der Waals surface area (Å²) in [5.41, 5.74) is 0.909. The molecule has 18 heavy (non-hydrogen) atoms. The highest BCUT2D eigenvalue weighted by molar-refractivity contribution is 5.43. The van der Waals surface area contributed by atoms with Gasteiger partial charge in [-0.2, -0.15) is 8.78 Å². The average molecular weight is 255 g/mol. The monoisotopic (exact) mass is 255 g/mol. The molecule has 0 radical (unpaired) electrons. The van der Waals surface area contributed by atoms with Gasteiger partial charge in [-0.25, -0.2) is 0 Å². The molecular formula is C13H15F2NO2. The predicted molar refractivity (Wildman–Crippen MR) is 64.8 cm³/mol. The minimum absolute atomic E-state index is 0.0239. The second-order valence-electron chi connectivity index (χ2n) is 3.74. The molecule has 5 heteroatoms. The van der Waals surface area contributed by atoms with Crippen LogP contribution in [0, 0.1) is 12.3 Å². The van der Waals surface area contributed by atoms with Gasteiger partial charge < -0.3 is 9.47 Å². The van der Waals surface area contributed by atoms with Crippen molar-refractivity contribution in [3.05, 3.63) is 23.8 Å². The van der Waals surface area contributed by atoms with Crippen molar-refractivity contribution < 1.29 is 18.3 Å². The summed E-state index contributed by atoms with van der Waals surface area (Å²) < 4.78 is 33.6. The highest BCUT2D eigenvalue weighted by Crippen LogP contribution is 2.29. The number of methoxy groups -OCH3 is 1. The summed E-state index contributed by atoms with van der Waals surface area (Å²) in [6.07, 6.45) is 5.20. The van der Waals surface area contributed by atoms with E-state index in [9.17, 15) is 8.78 Å². The Balaban J connectivity index is 2.82. The highest BCUT2D eigenvalue weighted by Gasteiger charge is 2.11. The summed E-state index contributed by atoms with van der Waals surface area (Å²) in [5, 5.41) is 0. The lowest BCUT2D eigenvalue weighted by molar-refractivity contribution is -0.0512. The number of rotatable bonds is 6. The third-order valence-electron chi connectivity index (χ3n) is 2.26. The number of terminal acetylenes is 1. The van der Waals surface area contributed by atoms with Gasteiger partial charge >= 0.3 is 6.61 Å². The standard InChI is InChI=1S/C13H15F2NO2/c1-4-7-16(2)9-10-5-6-11(18-13(14)15)12(8-10)17-3/h1,5-6,8,13H,7,9H2,2-3H3. The minimum Gasteiger partial charge on any atom is -0.493 e. The largest absolute Gasteiger partial charge is 0.493 e. The van der Waals surface area contributed by atoms with Crippen LogP contribution in [0.4, 0.5) is 8.78 Å². The van der Waals surface area contributed by atoms with E-state index in [1.165, 1.54) is 13.2 Å². The van der Waals surface area contributed by atoms with Gasteiger partial charge in [0.05, 0.1) is 13.7 Å². The van der Waals surface area contributed by atoms with Crippen LogP contribution in [0.5, 0.6) is 11.5 Å². The van der Waals surface area contributed by atoms with Crippen LogP contribution in [0.25, 0.3) is 0 Å². The van der Waals surface area contributed by atoms with Gasteiger partial charge in [-0.15, -0.1) is 6.42 Å². The zero-order chi connectivity index (χ0) is 13.5. The molecule has 0 aliphatic rings. The van der Waals surface area contributed by atoms with Gasteiger partial charge in [-0.1, -0.05) is 12.0 Å². The molecule has 0 aliphatic carbocycles. The summed E-state index contributed by atoms with van der Waals surface area (Å²) in [4.78, 5) is 1.92. The average Bonchev–Trinajstić information content (AvgIpc) is 2.30. The van der Waals surface area contributed by atoms with Gasteiger partial charge in [-0.3, -0.25) is 4.90 Å². The van der Waals surface area contributed by atoms with E-state index >= 15 is 0 Å². The second kappa shape index (κ2) is 6.82. The van der Waals surface area contributed by atoms with Crippen LogP contribution in [-0.2, 0) is 6.54 Å². The molecular weight excluding hydrogens is 240 g/mol. The molecule has 0 saturated heterocycles. The maximum Gasteiger partial charge on any atom is 0.387 e. The van der Waals surface area contributed by atoms with E-state index in [1.807, 2.05) is 11.9 Å². The molecule has 0 bridgehead atoms. The molecule has 0 unspecified atom stereocenters. The first-order valence-corrected chi connectivity index (χ1v) is 5.30. The first-order valence-electron chi connectivity index (χ1n) is 5.30. The normalized spacial score (nSPS) is 10.5. The van der Waals surface area contributed by atoms with E-state index in [2.05, 4.69) is 10.7 Å². The molecule has 0 aliphatic heterocycles. The molecule has 0 aromatic heterocycles. The van der Waals surface area contributed by atoms with E-state index < -0.39 is 6.61 Å². The van der Waals surface area contributed by atoms with Gasteiger partial charge in [0, 0.05) is 6.54 Å². The summed E-state index contributed by atoms with van der Waals surface area (Å²) in [5.74, 6) is 2.83. The van der Waals surface area contributed by atoms with Crippen LogP contribution in [0.2, 0.25) is 0 Å². The Labute approximate surface area is 105 Å². The molecule has 0 heterocycles.